The predicted octanol–water partition coefficient (Wildman–Crippen LogP) is 3.73. The molecule has 0 saturated carbocycles. The highest BCUT2D eigenvalue weighted by molar-refractivity contribution is 7.16. The Kier molecular flexibility index (Phi) is 6.53. The van der Waals surface area contributed by atoms with E-state index in [9.17, 15) is 14.9 Å². The quantitative estimate of drug-likeness (QED) is 0.463. The number of carbonyl (C=O) groups excluding carboxylic acids is 2. The van der Waals surface area contributed by atoms with Crippen LogP contribution in [0.1, 0.15) is 53.2 Å². The molecule has 0 fully saturated rings. The van der Waals surface area contributed by atoms with Crippen molar-refractivity contribution in [2.75, 3.05) is 12.4 Å². The van der Waals surface area contributed by atoms with Crippen molar-refractivity contribution in [3.05, 3.63) is 39.5 Å². The van der Waals surface area contributed by atoms with E-state index in [0.717, 1.165) is 10.6 Å². The molecule has 1 amide bonds. The van der Waals surface area contributed by atoms with Crippen LogP contribution in [0.2, 0.25) is 0 Å². The second-order valence-electron chi connectivity index (χ2n) is 6.19. The molecule has 0 bridgehead atoms. The molecule has 0 atom stereocenters. The molecule has 0 aliphatic rings. The second kappa shape index (κ2) is 8.64. The van der Waals surface area contributed by atoms with Crippen LogP contribution in [0.4, 0.5) is 5.00 Å². The first kappa shape index (κ1) is 20.4. The smallest absolute Gasteiger partial charge is 0.340 e. The molecule has 0 aromatic carbocycles. The molecule has 2 heterocycles. The van der Waals surface area contributed by atoms with Crippen molar-refractivity contribution in [1.29, 1.82) is 5.26 Å². The van der Waals surface area contributed by atoms with E-state index in [0.29, 0.717) is 17.1 Å². The van der Waals surface area contributed by atoms with Crippen molar-refractivity contribution < 1.29 is 14.3 Å². The number of hydrogen-bond donors (Lipinski definition) is 1. The number of methoxy groups -OCH3 is 1. The molecule has 1 N–H and O–H groups in total. The van der Waals surface area contributed by atoms with Gasteiger partial charge in [0.1, 0.15) is 16.6 Å². The Labute approximate surface area is 162 Å². The molecule has 2 aromatic rings. The third kappa shape index (κ3) is 4.63. The van der Waals surface area contributed by atoms with Gasteiger partial charge in [0.15, 0.2) is 0 Å². The fourth-order valence-electron chi connectivity index (χ4n) is 2.36. The van der Waals surface area contributed by atoms with Gasteiger partial charge in [-0.3, -0.25) is 9.48 Å². The van der Waals surface area contributed by atoms with Gasteiger partial charge in [0.2, 0.25) is 0 Å². The number of carbonyl (C=O) groups is 2. The van der Waals surface area contributed by atoms with Crippen LogP contribution in [0.15, 0.2) is 17.8 Å². The standard InChI is InChI=1S/C19H22N4O3S/c1-6-23-10-14(12(4)22-23)7-13(9-20)17(24)21-18-15(19(25)26-5)8-16(27-18)11(2)3/h7-8,10-11H,6H2,1-5H3,(H,21,24)/b13-7+. The molecule has 8 heteroatoms. The van der Waals surface area contributed by atoms with E-state index >= 15 is 0 Å². The van der Waals surface area contributed by atoms with Crippen LogP contribution >= 0.6 is 11.3 Å². The van der Waals surface area contributed by atoms with Crippen molar-refractivity contribution in [2.24, 2.45) is 0 Å². The van der Waals surface area contributed by atoms with E-state index in [-0.39, 0.29) is 17.1 Å². The Hall–Kier alpha value is -2.92. The Bertz CT molecular complexity index is 931. The fraction of sp³-hybridized carbons (Fsp3) is 0.368. The van der Waals surface area contributed by atoms with Gasteiger partial charge in [0.25, 0.3) is 5.91 Å². The van der Waals surface area contributed by atoms with Crippen molar-refractivity contribution in [1.82, 2.24) is 9.78 Å². The summed E-state index contributed by atoms with van der Waals surface area (Å²) >= 11 is 1.30. The second-order valence-corrected chi connectivity index (χ2v) is 7.27. The third-order valence-electron chi connectivity index (χ3n) is 3.93. The third-order valence-corrected chi connectivity index (χ3v) is 5.28. The summed E-state index contributed by atoms with van der Waals surface area (Å²) in [4.78, 5) is 25.5. The largest absolute Gasteiger partial charge is 0.465 e. The lowest BCUT2D eigenvalue weighted by atomic mass is 10.1. The molecule has 7 nitrogen and oxygen atoms in total. The van der Waals surface area contributed by atoms with E-state index in [1.54, 1.807) is 16.9 Å². The van der Waals surface area contributed by atoms with E-state index in [1.165, 1.54) is 24.5 Å². The summed E-state index contributed by atoms with van der Waals surface area (Å²) in [5.74, 6) is -0.919. The molecule has 142 valence electrons. The number of aromatic nitrogens is 2. The SMILES string of the molecule is CCn1cc(/C=C(\C#N)C(=O)Nc2sc(C(C)C)cc2C(=O)OC)c(C)n1. The fourth-order valence-corrected chi connectivity index (χ4v) is 3.40. The van der Waals surface area contributed by atoms with Gasteiger partial charge in [-0.25, -0.2) is 4.79 Å². The molecule has 0 aliphatic heterocycles. The average Bonchev–Trinajstić information content (AvgIpc) is 3.22. The topological polar surface area (TPSA) is 97.0 Å². The van der Waals surface area contributed by atoms with Gasteiger partial charge in [-0.1, -0.05) is 13.8 Å². The van der Waals surface area contributed by atoms with Gasteiger partial charge in [-0.05, 0) is 31.9 Å². The number of nitrogens with zero attached hydrogens (tertiary/aromatic N) is 3. The maximum absolute atomic E-state index is 12.6. The lowest BCUT2D eigenvalue weighted by Crippen LogP contribution is -2.15. The molecule has 2 rings (SSSR count). The molecule has 27 heavy (non-hydrogen) atoms. The highest BCUT2D eigenvalue weighted by Gasteiger charge is 2.21. The number of anilines is 1. The van der Waals surface area contributed by atoms with Gasteiger partial charge in [-0.15, -0.1) is 11.3 Å². The van der Waals surface area contributed by atoms with Gasteiger partial charge in [0.05, 0.1) is 18.4 Å². The van der Waals surface area contributed by atoms with Crippen molar-refractivity contribution in [2.45, 2.75) is 40.2 Å². The van der Waals surface area contributed by atoms with Crippen LogP contribution in [-0.4, -0.2) is 28.8 Å². The van der Waals surface area contributed by atoms with Gasteiger partial charge in [0, 0.05) is 23.2 Å². The number of rotatable bonds is 6. The number of hydrogen-bond acceptors (Lipinski definition) is 6. The normalized spacial score (nSPS) is 11.4. The van der Waals surface area contributed by atoms with Crippen molar-refractivity contribution in [3.8, 4) is 6.07 Å². The predicted molar refractivity (Wildman–Crippen MR) is 105 cm³/mol. The summed E-state index contributed by atoms with van der Waals surface area (Å²) in [5.41, 5.74) is 1.65. The molecule has 0 radical (unpaired) electrons. The summed E-state index contributed by atoms with van der Waals surface area (Å²) in [6, 6.07) is 3.63. The number of esters is 1. The first-order valence-corrected chi connectivity index (χ1v) is 9.31. The zero-order chi connectivity index (χ0) is 20.1. The van der Waals surface area contributed by atoms with Crippen LogP contribution in [0.25, 0.3) is 6.08 Å². The Morgan fingerprint density at radius 2 is 2.19 bits per heavy atom. The minimum atomic E-state index is -0.580. The number of amides is 1. The number of nitriles is 1. The molecule has 0 spiro atoms. The zero-order valence-electron chi connectivity index (χ0n) is 16.0. The number of thiophene rings is 1. The average molecular weight is 386 g/mol. The molecule has 0 unspecified atom stereocenters. The summed E-state index contributed by atoms with van der Waals surface area (Å²) in [6.07, 6.45) is 3.28. The first-order valence-electron chi connectivity index (χ1n) is 8.49. The van der Waals surface area contributed by atoms with Gasteiger partial charge in [-0.2, -0.15) is 10.4 Å². The van der Waals surface area contributed by atoms with Gasteiger partial charge < -0.3 is 10.1 Å². The summed E-state index contributed by atoms with van der Waals surface area (Å²) in [5, 5.41) is 16.8. The minimum Gasteiger partial charge on any atom is -0.465 e. The van der Waals surface area contributed by atoms with Crippen molar-refractivity contribution >= 4 is 34.3 Å². The summed E-state index contributed by atoms with van der Waals surface area (Å²) < 4.78 is 6.52. The van der Waals surface area contributed by atoms with Crippen LogP contribution in [0, 0.1) is 18.3 Å². The van der Waals surface area contributed by atoms with Crippen molar-refractivity contribution in [3.63, 3.8) is 0 Å². The van der Waals surface area contributed by atoms with Gasteiger partial charge >= 0.3 is 5.97 Å². The zero-order valence-corrected chi connectivity index (χ0v) is 16.8. The highest BCUT2D eigenvalue weighted by atomic mass is 32.1. The molecular weight excluding hydrogens is 364 g/mol. The molecule has 0 aliphatic carbocycles. The van der Waals surface area contributed by atoms with Crippen LogP contribution in [0.3, 0.4) is 0 Å². The number of nitrogens with one attached hydrogen (secondary N) is 1. The molecular formula is C19H22N4O3S. The Morgan fingerprint density at radius 3 is 2.70 bits per heavy atom. The van der Waals surface area contributed by atoms with Crippen LogP contribution < -0.4 is 5.32 Å². The maximum atomic E-state index is 12.6. The van der Waals surface area contributed by atoms with E-state index in [2.05, 4.69) is 10.4 Å². The van der Waals surface area contributed by atoms with E-state index < -0.39 is 11.9 Å². The number of ether oxygens (including phenoxy) is 1. The lowest BCUT2D eigenvalue weighted by molar-refractivity contribution is -0.112. The maximum Gasteiger partial charge on any atom is 0.340 e. The molecule has 0 saturated heterocycles. The highest BCUT2D eigenvalue weighted by Crippen LogP contribution is 2.33. The summed E-state index contributed by atoms with van der Waals surface area (Å²) in [6.45, 7) is 8.45. The minimum absolute atomic E-state index is 0.0657. The molecule has 2 aromatic heterocycles. The Balaban J connectivity index is 2.34. The Morgan fingerprint density at radius 1 is 1.48 bits per heavy atom. The van der Waals surface area contributed by atoms with Crippen LogP contribution in [0.5, 0.6) is 0 Å². The first-order chi connectivity index (χ1) is 12.8. The van der Waals surface area contributed by atoms with E-state index in [4.69, 9.17) is 4.74 Å². The number of aryl methyl sites for hydroxylation is 2. The lowest BCUT2D eigenvalue weighted by Gasteiger charge is -2.04. The monoisotopic (exact) mass is 386 g/mol. The van der Waals surface area contributed by atoms with E-state index in [1.807, 2.05) is 33.8 Å². The summed E-state index contributed by atoms with van der Waals surface area (Å²) in [7, 11) is 1.29. The van der Waals surface area contributed by atoms with Crippen LogP contribution in [-0.2, 0) is 16.1 Å².